The van der Waals surface area contributed by atoms with Crippen LogP contribution in [0.3, 0.4) is 0 Å². The van der Waals surface area contributed by atoms with Crippen molar-refractivity contribution in [3.63, 3.8) is 0 Å². The third-order valence-electron chi connectivity index (χ3n) is 10.2. The average Bonchev–Trinajstić information content (AvgIpc) is 3.08. The van der Waals surface area contributed by atoms with Gasteiger partial charge in [-0.2, -0.15) is 162 Å². The molecule has 0 atom stereocenters. The summed E-state index contributed by atoms with van der Waals surface area (Å²) in [6.07, 6.45) is -8.50. The van der Waals surface area contributed by atoms with E-state index in [9.17, 15) is 141 Å². The Morgan fingerprint density at radius 1 is 0.262 bits per heavy atom. The van der Waals surface area contributed by atoms with Crippen molar-refractivity contribution in [2.24, 2.45) is 0 Å². The first kappa shape index (κ1) is 56.0. The number of carbonyl (C=O) groups is 1. The number of halogens is 40. The molecule has 0 radical (unpaired) electrons. The summed E-state index contributed by atoms with van der Waals surface area (Å²) in [5, 5.41) is -2.35. The summed E-state index contributed by atoms with van der Waals surface area (Å²) in [6, 6.07) is 0. The van der Waals surface area contributed by atoms with E-state index in [1.165, 1.54) is 0 Å². The van der Waals surface area contributed by atoms with Crippen molar-refractivity contribution in [2.75, 3.05) is 0 Å². The quantitative estimate of drug-likeness (QED) is 0.194. The van der Waals surface area contributed by atoms with Crippen molar-refractivity contribution in [3.05, 3.63) is 0 Å². The van der Waals surface area contributed by atoms with E-state index < -0.39 is 141 Å². The van der Waals surface area contributed by atoms with Crippen molar-refractivity contribution in [2.45, 2.75) is 129 Å². The number of alkyl halides is 40. The van der Waals surface area contributed by atoms with Crippen molar-refractivity contribution in [3.8, 4) is 0 Å². The number of nitrogens with one attached hydrogen (secondary N) is 1. The van der Waals surface area contributed by atoms with E-state index in [4.69, 9.17) is 0 Å². The molecule has 4 rings (SSSR count). The predicted molar refractivity (Wildman–Crippen MR) is 113 cm³/mol. The Labute approximate surface area is 322 Å². The average molecular weight is 1070 g/mol. The summed E-state index contributed by atoms with van der Waals surface area (Å²) < 4.78 is 565. The van der Waals surface area contributed by atoms with Crippen molar-refractivity contribution < 1.29 is 180 Å². The van der Waals surface area contributed by atoms with Gasteiger partial charge in [0.25, 0.3) is 5.91 Å². The van der Waals surface area contributed by atoms with E-state index >= 15 is 39.5 Å². The van der Waals surface area contributed by atoms with Gasteiger partial charge in [0.1, 0.15) is 0 Å². The topological polar surface area (TPSA) is 29.1 Å². The Morgan fingerprint density at radius 2 is 0.431 bits per heavy atom. The highest BCUT2D eigenvalue weighted by Crippen LogP contribution is 2.88. The first-order chi connectivity index (χ1) is 27.4. The fourth-order valence-electron chi connectivity index (χ4n) is 6.43. The summed E-state index contributed by atoms with van der Waals surface area (Å²) >= 11 is 0. The van der Waals surface area contributed by atoms with E-state index in [2.05, 4.69) is 0 Å². The van der Waals surface area contributed by atoms with Crippen LogP contribution in [0.4, 0.5) is 176 Å². The maximum absolute atomic E-state index is 15.1. The lowest BCUT2D eigenvalue weighted by Gasteiger charge is -2.75. The molecule has 1 amide bonds. The lowest BCUT2D eigenvalue weighted by Crippen LogP contribution is -3.11. The van der Waals surface area contributed by atoms with Gasteiger partial charge in [0.05, 0.1) is 0 Å². The maximum Gasteiger partial charge on any atom is 0.460 e. The Balaban J connectivity index is 2.33. The molecule has 0 unspecified atom stereocenters. The van der Waals surface area contributed by atoms with Crippen LogP contribution in [0.2, 0.25) is 0 Å². The molecule has 2 nitrogen and oxygen atoms in total. The second-order valence-electron chi connectivity index (χ2n) is 13.4. The molecule has 0 saturated heterocycles. The fourth-order valence-corrected chi connectivity index (χ4v) is 6.43. The van der Waals surface area contributed by atoms with E-state index in [1.54, 1.807) is 0 Å². The molecule has 4 aliphatic rings. The largest absolute Gasteiger partial charge is 0.460 e. The molecule has 4 bridgehead atoms. The molecule has 0 heterocycles. The molecule has 42 heteroatoms. The van der Waals surface area contributed by atoms with Crippen molar-refractivity contribution in [1.82, 2.24) is 5.32 Å². The van der Waals surface area contributed by atoms with Crippen molar-refractivity contribution >= 4 is 5.91 Å². The Kier molecular flexibility index (Phi) is 10.6. The molecule has 4 fully saturated rings. The van der Waals surface area contributed by atoms with E-state index in [0.29, 0.717) is 0 Å². The van der Waals surface area contributed by atoms with Crippen LogP contribution in [0.1, 0.15) is 0 Å². The SMILES string of the molecule is O=C(NC12C(F)(F)C3(F)C(F)(F)C(F)(C(F)(F)C(F)(C3(F)F)C1(F)F)C2(F)F)C(F)(F)C(F)(F)C(F)(F)C(F)(F)C(F)(F)C(F)(F)C(F)(F)C(F)(F)C(F)(F)C(F)(F)C(F)(F)C(F)(F)F. The number of hydrogen-bond donors (Lipinski definition) is 1. The van der Waals surface area contributed by atoms with Gasteiger partial charge in [0, 0.05) is 0 Å². The van der Waals surface area contributed by atoms with Crippen LogP contribution >= 0.6 is 0 Å². The van der Waals surface area contributed by atoms with Crippen LogP contribution in [-0.2, 0) is 4.79 Å². The molecule has 0 aromatic carbocycles. The molecule has 0 aromatic rings. The molecular formula is C23HF40NO. The molecule has 384 valence electrons. The number of rotatable bonds is 12. The van der Waals surface area contributed by atoms with Gasteiger partial charge in [-0.3, -0.25) is 4.79 Å². The molecule has 0 aliphatic heterocycles. The molecule has 0 aromatic heterocycles. The van der Waals surface area contributed by atoms with Gasteiger partial charge < -0.3 is 5.32 Å². The van der Waals surface area contributed by atoms with E-state index in [-0.39, 0.29) is 0 Å². The van der Waals surface area contributed by atoms with Crippen LogP contribution in [0.25, 0.3) is 0 Å². The third kappa shape index (κ3) is 4.53. The summed E-state index contributed by atoms with van der Waals surface area (Å²) in [7, 11) is 0. The van der Waals surface area contributed by atoms with Crippen LogP contribution in [0.15, 0.2) is 0 Å². The minimum atomic E-state index is -10.4. The second kappa shape index (κ2) is 12.3. The fraction of sp³-hybridized carbons (Fsp3) is 0.957. The number of carbonyl (C=O) groups excluding carboxylic acids is 1. The zero-order valence-electron chi connectivity index (χ0n) is 27.5. The standard InChI is InChI=1S/C23HF40NO/c24-2(25,1(65)64-6-11(37,38)3(26)8(31,32)4(27,12(6,39)40)10(35,36)5(28,9(3,33)34)13(6,41)42)7(29,30)14(43,44)15(45,46)16(47,48)17(49,50)18(51,52)19(53,54)20(55,56)21(57,58)22(59,60)23(61,62)63/h(H,64,65). The first-order valence-corrected chi connectivity index (χ1v) is 14.3. The van der Waals surface area contributed by atoms with Crippen LogP contribution in [-0.4, -0.2) is 135 Å². The van der Waals surface area contributed by atoms with E-state index in [1.807, 2.05) is 0 Å². The smallest absolute Gasteiger partial charge is 0.329 e. The zero-order chi connectivity index (χ0) is 53.3. The van der Waals surface area contributed by atoms with Gasteiger partial charge in [-0.25, -0.2) is 13.2 Å². The minimum absolute atomic E-state index is 2.35. The van der Waals surface area contributed by atoms with Gasteiger partial charge in [0.15, 0.2) is 0 Å². The molecule has 0 spiro atoms. The zero-order valence-corrected chi connectivity index (χ0v) is 27.5. The Bertz CT molecular complexity index is 1850. The van der Waals surface area contributed by atoms with Crippen LogP contribution in [0.5, 0.6) is 0 Å². The summed E-state index contributed by atoms with van der Waals surface area (Å²) in [5.41, 5.74) is -36.1. The highest BCUT2D eigenvalue weighted by Gasteiger charge is 3.23. The highest BCUT2D eigenvalue weighted by atomic mass is 19.4. The lowest BCUT2D eigenvalue weighted by atomic mass is 9.39. The second-order valence-corrected chi connectivity index (χ2v) is 13.4. The summed E-state index contributed by atoms with van der Waals surface area (Å²) in [6.45, 7) is 0. The monoisotopic (exact) mass is 1070 g/mol. The maximum atomic E-state index is 15.1. The van der Waals surface area contributed by atoms with Gasteiger partial charge in [0.2, 0.25) is 5.54 Å². The molecule has 65 heavy (non-hydrogen) atoms. The number of amides is 1. The summed E-state index contributed by atoms with van der Waals surface area (Å²) in [5.74, 6) is -171. The normalized spacial score (nSPS) is 31.8. The van der Waals surface area contributed by atoms with E-state index in [0.717, 1.165) is 0 Å². The first-order valence-electron chi connectivity index (χ1n) is 14.3. The van der Waals surface area contributed by atoms with Crippen molar-refractivity contribution in [1.29, 1.82) is 0 Å². The van der Waals surface area contributed by atoms with Crippen LogP contribution < -0.4 is 5.32 Å². The predicted octanol–water partition coefficient (Wildman–Crippen LogP) is 11.4. The van der Waals surface area contributed by atoms with Gasteiger partial charge in [-0.1, -0.05) is 0 Å². The van der Waals surface area contributed by atoms with Crippen LogP contribution in [0, 0.1) is 0 Å². The summed E-state index contributed by atoms with van der Waals surface area (Å²) in [4.78, 5) is 11.8. The van der Waals surface area contributed by atoms with Gasteiger partial charge >= 0.3 is 124 Å². The molecule has 1 N–H and O–H groups in total. The number of hydrogen-bond acceptors (Lipinski definition) is 1. The van der Waals surface area contributed by atoms with Gasteiger partial charge in [-0.15, -0.1) is 0 Å². The molecular weight excluding hydrogens is 1070 g/mol. The van der Waals surface area contributed by atoms with Gasteiger partial charge in [-0.05, 0) is 0 Å². The lowest BCUT2D eigenvalue weighted by molar-refractivity contribution is -0.594. The molecule has 4 aliphatic carbocycles. The Hall–Kier alpha value is -3.33. The molecule has 4 saturated carbocycles. The minimum Gasteiger partial charge on any atom is -0.329 e. The highest BCUT2D eigenvalue weighted by molar-refractivity contribution is 5.87. The Morgan fingerprint density at radius 3 is 0.615 bits per heavy atom. The third-order valence-corrected chi connectivity index (χ3v) is 10.2.